The van der Waals surface area contributed by atoms with Crippen LogP contribution in [0.15, 0.2) is 16.8 Å². The maximum atomic E-state index is 12.5. The largest absolute Gasteiger partial charge is 0.419 e. The number of amides is 1. The Morgan fingerprint density at radius 3 is 2.92 bits per heavy atom. The summed E-state index contributed by atoms with van der Waals surface area (Å²) >= 11 is 0. The van der Waals surface area contributed by atoms with Gasteiger partial charge in [0.15, 0.2) is 0 Å². The fourth-order valence-electron chi connectivity index (χ4n) is 3.49. The normalized spacial score (nSPS) is 23.3. The van der Waals surface area contributed by atoms with E-state index in [9.17, 15) is 4.79 Å². The van der Waals surface area contributed by atoms with Gasteiger partial charge in [-0.15, -0.1) is 10.2 Å². The summed E-state index contributed by atoms with van der Waals surface area (Å²) in [4.78, 5) is 22.9. The van der Waals surface area contributed by atoms with E-state index in [0.717, 1.165) is 44.5 Å². The molecule has 0 aliphatic carbocycles. The summed E-state index contributed by atoms with van der Waals surface area (Å²) in [5.41, 5.74) is 1.40. The SMILES string of the molecule is Cc1cnc(-c2nnc([C@H]3CCN(C(=O)C[C@H]4CCCCO4)C3)o2)cn1. The van der Waals surface area contributed by atoms with Crippen LogP contribution >= 0.6 is 0 Å². The van der Waals surface area contributed by atoms with Gasteiger partial charge in [-0.2, -0.15) is 0 Å². The van der Waals surface area contributed by atoms with Gasteiger partial charge >= 0.3 is 0 Å². The molecule has 2 aromatic rings. The summed E-state index contributed by atoms with van der Waals surface area (Å²) in [6.07, 6.45) is 7.90. The molecule has 4 heterocycles. The third-order valence-corrected chi connectivity index (χ3v) is 5.01. The summed E-state index contributed by atoms with van der Waals surface area (Å²) < 4.78 is 11.5. The monoisotopic (exact) mass is 357 g/mol. The number of carbonyl (C=O) groups is 1. The van der Waals surface area contributed by atoms with Gasteiger partial charge in [-0.05, 0) is 32.6 Å². The van der Waals surface area contributed by atoms with Crippen LogP contribution in [0.5, 0.6) is 0 Å². The van der Waals surface area contributed by atoms with E-state index in [1.54, 1.807) is 12.4 Å². The molecule has 2 atom stereocenters. The zero-order chi connectivity index (χ0) is 17.9. The number of aromatic nitrogens is 4. The van der Waals surface area contributed by atoms with Crippen LogP contribution in [0.3, 0.4) is 0 Å². The van der Waals surface area contributed by atoms with Crippen molar-refractivity contribution in [1.29, 1.82) is 0 Å². The Hall–Kier alpha value is -2.35. The topological polar surface area (TPSA) is 94.2 Å². The molecule has 4 rings (SSSR count). The van der Waals surface area contributed by atoms with Gasteiger partial charge < -0.3 is 14.1 Å². The number of rotatable bonds is 4. The fraction of sp³-hybridized carbons (Fsp3) is 0.611. The standard InChI is InChI=1S/C18H23N5O3/c1-12-9-20-15(10-19-12)18-22-21-17(26-18)13-5-6-23(11-13)16(24)8-14-4-2-3-7-25-14/h9-10,13-14H,2-8,11H2,1H3/t13-,14+/m0/s1. The van der Waals surface area contributed by atoms with Gasteiger partial charge in [0, 0.05) is 25.9 Å². The highest BCUT2D eigenvalue weighted by Gasteiger charge is 2.32. The van der Waals surface area contributed by atoms with Crippen LogP contribution in [0.2, 0.25) is 0 Å². The third-order valence-electron chi connectivity index (χ3n) is 5.01. The summed E-state index contributed by atoms with van der Waals surface area (Å²) in [6.45, 7) is 3.98. The molecule has 2 aliphatic heterocycles. The number of hydrogen-bond acceptors (Lipinski definition) is 7. The van der Waals surface area contributed by atoms with E-state index in [1.807, 2.05) is 11.8 Å². The first-order valence-corrected chi connectivity index (χ1v) is 9.21. The van der Waals surface area contributed by atoms with Gasteiger partial charge in [0.25, 0.3) is 5.89 Å². The first-order valence-electron chi connectivity index (χ1n) is 9.21. The molecule has 0 spiro atoms. The van der Waals surface area contributed by atoms with E-state index in [0.29, 0.717) is 30.4 Å². The second-order valence-corrected chi connectivity index (χ2v) is 7.01. The van der Waals surface area contributed by atoms with Crippen LogP contribution < -0.4 is 0 Å². The van der Waals surface area contributed by atoms with Gasteiger partial charge in [0.05, 0.1) is 30.3 Å². The van der Waals surface area contributed by atoms with Crippen molar-refractivity contribution in [3.05, 3.63) is 24.0 Å². The van der Waals surface area contributed by atoms with Crippen LogP contribution in [0.4, 0.5) is 0 Å². The third kappa shape index (κ3) is 3.75. The Morgan fingerprint density at radius 1 is 1.23 bits per heavy atom. The highest BCUT2D eigenvalue weighted by Crippen LogP contribution is 2.29. The van der Waals surface area contributed by atoms with Crippen molar-refractivity contribution in [2.24, 2.45) is 0 Å². The van der Waals surface area contributed by atoms with Crippen LogP contribution in [0.1, 0.15) is 49.6 Å². The first kappa shape index (κ1) is 17.1. The van der Waals surface area contributed by atoms with Gasteiger partial charge in [-0.3, -0.25) is 9.78 Å². The molecule has 8 nitrogen and oxygen atoms in total. The number of likely N-dealkylation sites (tertiary alicyclic amines) is 1. The molecule has 8 heteroatoms. The van der Waals surface area contributed by atoms with Gasteiger partial charge in [0.2, 0.25) is 11.8 Å². The van der Waals surface area contributed by atoms with Crippen LogP contribution in [0, 0.1) is 6.92 Å². The summed E-state index contributed by atoms with van der Waals surface area (Å²) in [6, 6.07) is 0. The van der Waals surface area contributed by atoms with Crippen LogP contribution in [-0.4, -0.2) is 56.8 Å². The zero-order valence-electron chi connectivity index (χ0n) is 14.9. The lowest BCUT2D eigenvalue weighted by Gasteiger charge is -2.24. The van der Waals surface area contributed by atoms with E-state index in [4.69, 9.17) is 9.15 Å². The summed E-state index contributed by atoms with van der Waals surface area (Å²) in [5.74, 6) is 1.16. The molecule has 138 valence electrons. The van der Waals surface area contributed by atoms with E-state index in [-0.39, 0.29) is 17.9 Å². The molecular formula is C18H23N5O3. The van der Waals surface area contributed by atoms with Crippen LogP contribution in [0.25, 0.3) is 11.6 Å². The average Bonchev–Trinajstić information content (AvgIpc) is 3.33. The Morgan fingerprint density at radius 2 is 2.15 bits per heavy atom. The maximum absolute atomic E-state index is 12.5. The molecule has 1 amide bonds. The predicted molar refractivity (Wildman–Crippen MR) is 92.2 cm³/mol. The van der Waals surface area contributed by atoms with Gasteiger partial charge in [0.1, 0.15) is 5.69 Å². The van der Waals surface area contributed by atoms with E-state index in [2.05, 4.69) is 20.2 Å². The minimum absolute atomic E-state index is 0.0745. The molecule has 2 saturated heterocycles. The molecule has 2 aromatic heterocycles. The predicted octanol–water partition coefficient (Wildman–Crippen LogP) is 2.11. The number of ether oxygens (including phenoxy) is 1. The Kier molecular flexibility index (Phi) is 4.92. The van der Waals surface area contributed by atoms with Crippen molar-refractivity contribution in [3.63, 3.8) is 0 Å². The Bertz CT molecular complexity index is 754. The molecule has 0 aromatic carbocycles. The molecule has 26 heavy (non-hydrogen) atoms. The Balaban J connectivity index is 1.36. The van der Waals surface area contributed by atoms with Crippen molar-refractivity contribution in [3.8, 4) is 11.6 Å². The Labute approximate surface area is 152 Å². The average molecular weight is 357 g/mol. The van der Waals surface area contributed by atoms with E-state index < -0.39 is 0 Å². The van der Waals surface area contributed by atoms with Gasteiger partial charge in [-0.1, -0.05) is 0 Å². The number of hydrogen-bond donors (Lipinski definition) is 0. The smallest absolute Gasteiger partial charge is 0.267 e. The maximum Gasteiger partial charge on any atom is 0.267 e. The quantitative estimate of drug-likeness (QED) is 0.827. The minimum atomic E-state index is 0.0745. The second-order valence-electron chi connectivity index (χ2n) is 7.01. The number of carbonyl (C=O) groups excluding carboxylic acids is 1. The molecule has 2 fully saturated rings. The second kappa shape index (κ2) is 7.49. The zero-order valence-corrected chi connectivity index (χ0v) is 14.9. The van der Waals surface area contributed by atoms with Crippen molar-refractivity contribution < 1.29 is 13.9 Å². The number of nitrogens with zero attached hydrogens (tertiary/aromatic N) is 5. The van der Waals surface area contributed by atoms with Gasteiger partial charge in [-0.25, -0.2) is 4.98 Å². The molecule has 0 bridgehead atoms. The van der Waals surface area contributed by atoms with E-state index >= 15 is 0 Å². The number of aryl methyl sites for hydroxylation is 1. The van der Waals surface area contributed by atoms with E-state index in [1.165, 1.54) is 0 Å². The molecule has 0 N–H and O–H groups in total. The summed E-state index contributed by atoms with van der Waals surface area (Å²) in [5, 5.41) is 8.24. The van der Waals surface area contributed by atoms with Crippen LogP contribution in [-0.2, 0) is 9.53 Å². The lowest BCUT2D eigenvalue weighted by atomic mass is 10.1. The highest BCUT2D eigenvalue weighted by molar-refractivity contribution is 5.77. The summed E-state index contributed by atoms with van der Waals surface area (Å²) in [7, 11) is 0. The molecule has 0 unspecified atom stereocenters. The highest BCUT2D eigenvalue weighted by atomic mass is 16.5. The lowest BCUT2D eigenvalue weighted by Crippen LogP contribution is -2.33. The minimum Gasteiger partial charge on any atom is -0.419 e. The van der Waals surface area contributed by atoms with Crippen molar-refractivity contribution in [1.82, 2.24) is 25.1 Å². The molecule has 0 radical (unpaired) electrons. The molecular weight excluding hydrogens is 334 g/mol. The first-order chi connectivity index (χ1) is 12.7. The van der Waals surface area contributed by atoms with Crippen molar-refractivity contribution in [2.75, 3.05) is 19.7 Å². The molecule has 2 aliphatic rings. The molecule has 0 saturated carbocycles. The van der Waals surface area contributed by atoms with Crippen molar-refractivity contribution in [2.45, 2.75) is 51.0 Å². The lowest BCUT2D eigenvalue weighted by molar-refractivity contribution is -0.134. The van der Waals surface area contributed by atoms with Crippen molar-refractivity contribution >= 4 is 5.91 Å². The fourth-order valence-corrected chi connectivity index (χ4v) is 3.49.